The van der Waals surface area contributed by atoms with Crippen molar-refractivity contribution in [2.24, 2.45) is 10.9 Å². The van der Waals surface area contributed by atoms with Gasteiger partial charge in [-0.1, -0.05) is 15.9 Å². The molecular formula is C21H31BrN6. The van der Waals surface area contributed by atoms with Crippen molar-refractivity contribution in [2.45, 2.75) is 33.2 Å². The van der Waals surface area contributed by atoms with E-state index >= 15 is 0 Å². The van der Waals surface area contributed by atoms with Crippen LogP contribution in [0.4, 0.5) is 5.69 Å². The van der Waals surface area contributed by atoms with Gasteiger partial charge in [-0.05, 0) is 62.9 Å². The van der Waals surface area contributed by atoms with Crippen LogP contribution in [0.1, 0.15) is 24.2 Å². The predicted molar refractivity (Wildman–Crippen MR) is 120 cm³/mol. The summed E-state index contributed by atoms with van der Waals surface area (Å²) in [5.74, 6) is 1.52. The Balaban J connectivity index is 1.36. The Bertz CT molecular complexity index is 783. The molecule has 2 N–H and O–H groups in total. The molecule has 1 saturated heterocycles. The van der Waals surface area contributed by atoms with Crippen LogP contribution in [0.25, 0.3) is 0 Å². The van der Waals surface area contributed by atoms with E-state index < -0.39 is 0 Å². The van der Waals surface area contributed by atoms with E-state index in [2.05, 4.69) is 83.5 Å². The van der Waals surface area contributed by atoms with Crippen LogP contribution in [0.2, 0.25) is 0 Å². The Morgan fingerprint density at radius 1 is 1.25 bits per heavy atom. The second-order valence-corrected chi connectivity index (χ2v) is 8.38. The maximum atomic E-state index is 4.51. The molecule has 0 spiro atoms. The summed E-state index contributed by atoms with van der Waals surface area (Å²) in [5, 5.41) is 11.4. The smallest absolute Gasteiger partial charge is 0.190 e. The second kappa shape index (κ2) is 9.96. The van der Waals surface area contributed by atoms with Crippen molar-refractivity contribution in [3.8, 4) is 0 Å². The highest BCUT2D eigenvalue weighted by Crippen LogP contribution is 2.24. The van der Waals surface area contributed by atoms with Crippen LogP contribution in [0.3, 0.4) is 0 Å². The summed E-state index contributed by atoms with van der Waals surface area (Å²) >= 11 is 3.50. The van der Waals surface area contributed by atoms with Gasteiger partial charge in [0.2, 0.25) is 0 Å². The Kier molecular flexibility index (Phi) is 7.36. The zero-order valence-electron chi connectivity index (χ0n) is 17.1. The molecule has 1 unspecified atom stereocenters. The van der Waals surface area contributed by atoms with E-state index in [0.29, 0.717) is 5.92 Å². The molecule has 0 radical (unpaired) electrons. The molecule has 152 valence electrons. The lowest BCUT2D eigenvalue weighted by Crippen LogP contribution is -2.40. The first kappa shape index (κ1) is 20.7. The van der Waals surface area contributed by atoms with Gasteiger partial charge in [-0.2, -0.15) is 5.10 Å². The van der Waals surface area contributed by atoms with Crippen LogP contribution >= 0.6 is 15.9 Å². The topological polar surface area (TPSA) is 57.5 Å². The standard InChI is InChI=1S/C21H31BrN6/c1-16-13-17(2)28(26-16)11-4-10-24-21(23-3)25-14-18-9-12-27(15-18)20-7-5-19(22)6-8-20/h5-8,13,18H,4,9-12,14-15H2,1-3H3,(H2,23,24,25). The van der Waals surface area contributed by atoms with Crippen LogP contribution in [-0.2, 0) is 6.54 Å². The van der Waals surface area contributed by atoms with Crippen LogP contribution < -0.4 is 15.5 Å². The largest absolute Gasteiger partial charge is 0.371 e. The van der Waals surface area contributed by atoms with Crippen LogP contribution in [0.15, 0.2) is 39.8 Å². The third-order valence-electron chi connectivity index (χ3n) is 5.20. The van der Waals surface area contributed by atoms with E-state index in [-0.39, 0.29) is 0 Å². The van der Waals surface area contributed by atoms with E-state index in [1.165, 1.54) is 17.8 Å². The van der Waals surface area contributed by atoms with E-state index in [0.717, 1.165) is 55.3 Å². The molecule has 28 heavy (non-hydrogen) atoms. The minimum atomic E-state index is 0.636. The third-order valence-corrected chi connectivity index (χ3v) is 5.73. The molecule has 3 rings (SSSR count). The summed E-state index contributed by atoms with van der Waals surface area (Å²) in [5.41, 5.74) is 3.60. The minimum Gasteiger partial charge on any atom is -0.371 e. The molecule has 6 nitrogen and oxygen atoms in total. The molecule has 0 bridgehead atoms. The highest BCUT2D eigenvalue weighted by Gasteiger charge is 2.22. The number of halogens is 1. The molecule has 2 aromatic rings. The SMILES string of the molecule is CN=C(NCCCn1nc(C)cc1C)NCC1CCN(c2ccc(Br)cc2)C1. The zero-order valence-corrected chi connectivity index (χ0v) is 18.7. The lowest BCUT2D eigenvalue weighted by molar-refractivity contribution is 0.545. The van der Waals surface area contributed by atoms with Crippen molar-refractivity contribution in [3.63, 3.8) is 0 Å². The van der Waals surface area contributed by atoms with Gasteiger partial charge >= 0.3 is 0 Å². The first-order valence-electron chi connectivity index (χ1n) is 10.0. The fourth-order valence-electron chi connectivity index (χ4n) is 3.68. The molecule has 1 atom stereocenters. The zero-order chi connectivity index (χ0) is 19.9. The second-order valence-electron chi connectivity index (χ2n) is 7.46. The first-order chi connectivity index (χ1) is 13.5. The average molecular weight is 447 g/mol. The summed E-state index contributed by atoms with van der Waals surface area (Å²) in [4.78, 5) is 6.82. The number of hydrogen-bond acceptors (Lipinski definition) is 3. The number of aryl methyl sites for hydroxylation is 3. The Morgan fingerprint density at radius 3 is 2.71 bits per heavy atom. The quantitative estimate of drug-likeness (QED) is 0.388. The van der Waals surface area contributed by atoms with Crippen molar-refractivity contribution in [2.75, 3.05) is 38.1 Å². The average Bonchev–Trinajstić information content (AvgIpc) is 3.28. The summed E-state index contributed by atoms with van der Waals surface area (Å²) in [6, 6.07) is 10.7. The normalized spacial score (nSPS) is 17.2. The molecule has 0 amide bonds. The lowest BCUT2D eigenvalue weighted by atomic mass is 10.1. The number of nitrogens with zero attached hydrogens (tertiary/aromatic N) is 4. The van der Waals surface area contributed by atoms with Crippen molar-refractivity contribution in [3.05, 3.63) is 46.2 Å². The lowest BCUT2D eigenvalue weighted by Gasteiger charge is -2.19. The molecule has 2 heterocycles. The van der Waals surface area contributed by atoms with Gasteiger partial charge in [0.15, 0.2) is 5.96 Å². The Labute approximate surface area is 176 Å². The summed E-state index contributed by atoms with van der Waals surface area (Å²) in [7, 11) is 1.83. The summed E-state index contributed by atoms with van der Waals surface area (Å²) in [6.45, 7) is 9.10. The molecule has 1 aromatic carbocycles. The number of aromatic nitrogens is 2. The number of anilines is 1. The fourth-order valence-corrected chi connectivity index (χ4v) is 3.95. The van der Waals surface area contributed by atoms with Crippen molar-refractivity contribution in [1.82, 2.24) is 20.4 Å². The summed E-state index contributed by atoms with van der Waals surface area (Å²) in [6.07, 6.45) is 2.22. The molecule has 1 aliphatic heterocycles. The van der Waals surface area contributed by atoms with Gasteiger partial charge in [0.05, 0.1) is 5.69 Å². The Morgan fingerprint density at radius 2 is 2.04 bits per heavy atom. The third kappa shape index (κ3) is 5.74. The molecule has 0 saturated carbocycles. The number of guanidine groups is 1. The number of hydrogen-bond donors (Lipinski definition) is 2. The van der Waals surface area contributed by atoms with Gasteiger partial charge < -0.3 is 15.5 Å². The van der Waals surface area contributed by atoms with Crippen molar-refractivity contribution in [1.29, 1.82) is 0 Å². The fraction of sp³-hybridized carbons (Fsp3) is 0.524. The molecule has 7 heteroatoms. The highest BCUT2D eigenvalue weighted by molar-refractivity contribution is 9.10. The summed E-state index contributed by atoms with van der Waals surface area (Å²) < 4.78 is 3.20. The number of rotatable bonds is 7. The van der Waals surface area contributed by atoms with Gasteiger partial charge in [-0.3, -0.25) is 9.67 Å². The van der Waals surface area contributed by atoms with E-state index in [1.54, 1.807) is 0 Å². The van der Waals surface area contributed by atoms with Gasteiger partial charge in [-0.15, -0.1) is 0 Å². The molecule has 1 aromatic heterocycles. The van der Waals surface area contributed by atoms with Crippen molar-refractivity contribution >= 4 is 27.6 Å². The minimum absolute atomic E-state index is 0.636. The molecular weight excluding hydrogens is 416 g/mol. The highest BCUT2D eigenvalue weighted by atomic mass is 79.9. The number of aliphatic imine (C=N–C) groups is 1. The first-order valence-corrected chi connectivity index (χ1v) is 10.8. The molecule has 1 aliphatic rings. The van der Waals surface area contributed by atoms with E-state index in [1.807, 2.05) is 14.0 Å². The van der Waals surface area contributed by atoms with Crippen LogP contribution in [0, 0.1) is 19.8 Å². The van der Waals surface area contributed by atoms with Crippen LogP contribution in [0.5, 0.6) is 0 Å². The van der Waals surface area contributed by atoms with Gasteiger partial charge in [0.1, 0.15) is 0 Å². The molecule has 1 fully saturated rings. The van der Waals surface area contributed by atoms with E-state index in [9.17, 15) is 0 Å². The number of nitrogens with one attached hydrogen (secondary N) is 2. The van der Waals surface area contributed by atoms with Crippen LogP contribution in [-0.4, -0.2) is 49.0 Å². The predicted octanol–water partition coefficient (Wildman–Crippen LogP) is 3.34. The van der Waals surface area contributed by atoms with Gasteiger partial charge in [-0.25, -0.2) is 0 Å². The maximum absolute atomic E-state index is 4.51. The Hall–Kier alpha value is -2.02. The maximum Gasteiger partial charge on any atom is 0.190 e. The van der Waals surface area contributed by atoms with Gasteiger partial charge in [0.25, 0.3) is 0 Å². The van der Waals surface area contributed by atoms with Gasteiger partial charge in [0, 0.05) is 55.6 Å². The monoisotopic (exact) mass is 446 g/mol. The number of benzene rings is 1. The van der Waals surface area contributed by atoms with Crippen molar-refractivity contribution < 1.29 is 0 Å². The van der Waals surface area contributed by atoms with E-state index in [4.69, 9.17) is 0 Å². The molecule has 0 aliphatic carbocycles.